The number of benzene rings is 1. The molecule has 0 aliphatic heterocycles. The van der Waals surface area contributed by atoms with Crippen LogP contribution in [0.25, 0.3) is 0 Å². The molecule has 0 saturated heterocycles. The van der Waals surface area contributed by atoms with Crippen LogP contribution in [-0.4, -0.2) is 19.6 Å². The highest BCUT2D eigenvalue weighted by molar-refractivity contribution is 5.71. The van der Waals surface area contributed by atoms with Gasteiger partial charge in [0.25, 0.3) is 0 Å². The summed E-state index contributed by atoms with van der Waals surface area (Å²) in [5.41, 5.74) is 2.02. The summed E-state index contributed by atoms with van der Waals surface area (Å²) >= 11 is 0. The fourth-order valence-electron chi connectivity index (χ4n) is 2.07. The Bertz CT molecular complexity index is 411. The molecule has 1 aromatic carbocycles. The second-order valence-electron chi connectivity index (χ2n) is 5.34. The number of carbonyl (C=O) groups is 1. The number of carbonyl (C=O) groups excluding carboxylic acids is 1. The first-order valence-electron chi connectivity index (χ1n) is 6.88. The summed E-state index contributed by atoms with van der Waals surface area (Å²) in [5, 5.41) is 3.23. The van der Waals surface area contributed by atoms with Gasteiger partial charge in [-0.2, -0.15) is 0 Å². The standard InChI is InChI=1S/C16H25NO2/c1-6-19-15(18)11-16(4,17-5)14-9-7-13(8-10-14)12(2)3/h7-10,12,17H,6,11H2,1-5H3. The van der Waals surface area contributed by atoms with Crippen LogP contribution in [0.1, 0.15) is 51.2 Å². The summed E-state index contributed by atoms with van der Waals surface area (Å²) < 4.78 is 5.04. The number of hydrogen-bond donors (Lipinski definition) is 1. The molecule has 0 aliphatic carbocycles. The maximum Gasteiger partial charge on any atom is 0.307 e. The number of hydrogen-bond acceptors (Lipinski definition) is 3. The second-order valence-corrected chi connectivity index (χ2v) is 5.34. The number of nitrogens with one attached hydrogen (secondary N) is 1. The molecule has 0 bridgehead atoms. The zero-order valence-corrected chi connectivity index (χ0v) is 12.6. The molecule has 1 aromatic rings. The highest BCUT2D eigenvalue weighted by Crippen LogP contribution is 2.26. The minimum Gasteiger partial charge on any atom is -0.466 e. The fraction of sp³-hybridized carbons (Fsp3) is 0.562. The second kappa shape index (κ2) is 6.71. The van der Waals surface area contributed by atoms with Gasteiger partial charge in [-0.25, -0.2) is 0 Å². The van der Waals surface area contributed by atoms with E-state index in [2.05, 4.69) is 43.4 Å². The first kappa shape index (κ1) is 15.7. The van der Waals surface area contributed by atoms with E-state index in [9.17, 15) is 4.79 Å². The smallest absolute Gasteiger partial charge is 0.307 e. The first-order valence-corrected chi connectivity index (χ1v) is 6.88. The predicted octanol–water partition coefficient (Wildman–Crippen LogP) is 3.20. The molecule has 1 unspecified atom stereocenters. The Morgan fingerprint density at radius 1 is 1.32 bits per heavy atom. The van der Waals surface area contributed by atoms with Crippen molar-refractivity contribution < 1.29 is 9.53 Å². The molecule has 0 fully saturated rings. The highest BCUT2D eigenvalue weighted by atomic mass is 16.5. The minimum atomic E-state index is -0.387. The molecule has 0 spiro atoms. The van der Waals surface area contributed by atoms with Crippen LogP contribution in [0.15, 0.2) is 24.3 Å². The van der Waals surface area contributed by atoms with Crippen LogP contribution in [0.4, 0.5) is 0 Å². The lowest BCUT2D eigenvalue weighted by atomic mass is 9.87. The lowest BCUT2D eigenvalue weighted by molar-refractivity contribution is -0.144. The lowest BCUT2D eigenvalue weighted by Gasteiger charge is -2.29. The third kappa shape index (κ3) is 4.06. The van der Waals surface area contributed by atoms with Crippen LogP contribution >= 0.6 is 0 Å². The maximum absolute atomic E-state index is 11.7. The van der Waals surface area contributed by atoms with Crippen molar-refractivity contribution in [1.29, 1.82) is 0 Å². The van der Waals surface area contributed by atoms with Crippen LogP contribution in [0.3, 0.4) is 0 Å². The van der Waals surface area contributed by atoms with E-state index < -0.39 is 0 Å². The Morgan fingerprint density at radius 3 is 2.32 bits per heavy atom. The summed E-state index contributed by atoms with van der Waals surface area (Å²) in [7, 11) is 1.87. The van der Waals surface area contributed by atoms with E-state index in [0.29, 0.717) is 18.9 Å². The van der Waals surface area contributed by atoms with E-state index in [1.165, 1.54) is 5.56 Å². The quantitative estimate of drug-likeness (QED) is 0.801. The van der Waals surface area contributed by atoms with Crippen LogP contribution in [0.5, 0.6) is 0 Å². The van der Waals surface area contributed by atoms with Gasteiger partial charge in [-0.1, -0.05) is 38.1 Å². The SMILES string of the molecule is CCOC(=O)CC(C)(NC)c1ccc(C(C)C)cc1. The highest BCUT2D eigenvalue weighted by Gasteiger charge is 2.28. The lowest BCUT2D eigenvalue weighted by Crippen LogP contribution is -2.39. The van der Waals surface area contributed by atoms with Crippen molar-refractivity contribution in [3.8, 4) is 0 Å². The summed E-state index contributed by atoms with van der Waals surface area (Å²) in [6.07, 6.45) is 0.332. The Hall–Kier alpha value is -1.35. The topological polar surface area (TPSA) is 38.3 Å². The van der Waals surface area contributed by atoms with Crippen molar-refractivity contribution in [2.45, 2.75) is 45.6 Å². The molecule has 0 radical (unpaired) electrons. The summed E-state index contributed by atoms with van der Waals surface area (Å²) in [4.78, 5) is 11.7. The van der Waals surface area contributed by atoms with Gasteiger partial charge in [0, 0.05) is 0 Å². The first-order chi connectivity index (χ1) is 8.92. The van der Waals surface area contributed by atoms with Crippen molar-refractivity contribution in [3.05, 3.63) is 35.4 Å². The zero-order chi connectivity index (χ0) is 14.5. The van der Waals surface area contributed by atoms with Crippen LogP contribution in [0, 0.1) is 0 Å². The zero-order valence-electron chi connectivity index (χ0n) is 12.6. The molecule has 19 heavy (non-hydrogen) atoms. The number of esters is 1. The van der Waals surface area contributed by atoms with Gasteiger partial charge in [0.1, 0.15) is 0 Å². The molecule has 1 rings (SSSR count). The molecular weight excluding hydrogens is 238 g/mol. The molecule has 1 N–H and O–H groups in total. The molecule has 0 saturated carbocycles. The third-order valence-electron chi connectivity index (χ3n) is 3.57. The van der Waals surface area contributed by atoms with Gasteiger partial charge in [-0.3, -0.25) is 4.79 Å². The summed E-state index contributed by atoms with van der Waals surface area (Å²) in [6, 6.07) is 8.43. The Labute approximate surface area is 116 Å². The molecule has 1 atom stereocenters. The average Bonchev–Trinajstić information content (AvgIpc) is 2.39. The summed E-state index contributed by atoms with van der Waals surface area (Å²) in [6.45, 7) is 8.61. The molecule has 0 amide bonds. The van der Waals surface area contributed by atoms with Crippen molar-refractivity contribution in [2.24, 2.45) is 0 Å². The van der Waals surface area contributed by atoms with Gasteiger partial charge in [0.15, 0.2) is 0 Å². The normalized spacial score (nSPS) is 14.2. The van der Waals surface area contributed by atoms with Crippen molar-refractivity contribution in [2.75, 3.05) is 13.7 Å². The molecule has 3 heteroatoms. The summed E-state index contributed by atoms with van der Waals surface area (Å²) in [5.74, 6) is 0.340. The number of rotatable bonds is 6. The van der Waals surface area contributed by atoms with Gasteiger partial charge in [-0.05, 0) is 37.9 Å². The molecule has 0 aliphatic rings. The van der Waals surface area contributed by atoms with Crippen molar-refractivity contribution >= 4 is 5.97 Å². The van der Waals surface area contributed by atoms with E-state index in [1.807, 2.05) is 20.9 Å². The van der Waals surface area contributed by atoms with E-state index in [0.717, 1.165) is 5.56 Å². The van der Waals surface area contributed by atoms with E-state index in [-0.39, 0.29) is 11.5 Å². The van der Waals surface area contributed by atoms with Crippen molar-refractivity contribution in [3.63, 3.8) is 0 Å². The van der Waals surface area contributed by atoms with Crippen molar-refractivity contribution in [1.82, 2.24) is 5.32 Å². The van der Waals surface area contributed by atoms with Crippen LogP contribution < -0.4 is 5.32 Å². The van der Waals surface area contributed by atoms with E-state index in [4.69, 9.17) is 4.74 Å². The van der Waals surface area contributed by atoms with Gasteiger partial charge in [0.2, 0.25) is 0 Å². The largest absolute Gasteiger partial charge is 0.466 e. The minimum absolute atomic E-state index is 0.174. The third-order valence-corrected chi connectivity index (χ3v) is 3.57. The van der Waals surface area contributed by atoms with Crippen LogP contribution in [-0.2, 0) is 15.1 Å². The Morgan fingerprint density at radius 2 is 1.89 bits per heavy atom. The van der Waals surface area contributed by atoms with E-state index >= 15 is 0 Å². The van der Waals surface area contributed by atoms with Gasteiger partial charge in [-0.15, -0.1) is 0 Å². The molecule has 106 valence electrons. The van der Waals surface area contributed by atoms with Gasteiger partial charge in [0.05, 0.1) is 18.6 Å². The average molecular weight is 263 g/mol. The molecule has 0 aromatic heterocycles. The van der Waals surface area contributed by atoms with Crippen LogP contribution in [0.2, 0.25) is 0 Å². The van der Waals surface area contributed by atoms with Gasteiger partial charge < -0.3 is 10.1 Å². The maximum atomic E-state index is 11.7. The predicted molar refractivity (Wildman–Crippen MR) is 78.2 cm³/mol. The monoisotopic (exact) mass is 263 g/mol. The Balaban J connectivity index is 2.91. The number of ether oxygens (including phenoxy) is 1. The molecular formula is C16H25NO2. The molecule has 0 heterocycles. The molecule has 3 nitrogen and oxygen atoms in total. The Kier molecular flexibility index (Phi) is 5.55. The van der Waals surface area contributed by atoms with Gasteiger partial charge >= 0.3 is 5.97 Å². The fourth-order valence-corrected chi connectivity index (χ4v) is 2.07. The van der Waals surface area contributed by atoms with E-state index in [1.54, 1.807) is 0 Å².